The number of nitrogens with zero attached hydrogens (tertiary/aromatic N) is 3. The number of hydrogen-bond acceptors (Lipinski definition) is 4. The summed E-state index contributed by atoms with van der Waals surface area (Å²) in [5.74, 6) is 1.88. The van der Waals surface area contributed by atoms with Gasteiger partial charge < -0.3 is 4.42 Å². The number of furan rings is 1. The van der Waals surface area contributed by atoms with Gasteiger partial charge in [-0.2, -0.15) is 0 Å². The minimum absolute atomic E-state index is 0.614. The number of fused-ring (bicyclic) bond motifs is 7. The highest BCUT2D eigenvalue weighted by atomic mass is 16.3. The van der Waals surface area contributed by atoms with E-state index in [0.29, 0.717) is 17.5 Å². The zero-order valence-electron chi connectivity index (χ0n) is 29.6. The third kappa shape index (κ3) is 5.34. The van der Waals surface area contributed by atoms with Gasteiger partial charge in [0.15, 0.2) is 17.5 Å². The molecule has 11 rings (SSSR count). The van der Waals surface area contributed by atoms with Crippen molar-refractivity contribution in [2.45, 2.75) is 0 Å². The molecule has 0 aliphatic heterocycles. The average molecular weight is 702 g/mol. The lowest BCUT2D eigenvalue weighted by atomic mass is 9.91. The van der Waals surface area contributed by atoms with Gasteiger partial charge in [0.25, 0.3) is 0 Å². The predicted molar refractivity (Wildman–Crippen MR) is 227 cm³/mol. The molecule has 0 saturated carbocycles. The number of benzene rings is 9. The Morgan fingerprint density at radius 3 is 1.53 bits per heavy atom. The highest BCUT2D eigenvalue weighted by Crippen LogP contribution is 2.44. The fourth-order valence-electron chi connectivity index (χ4n) is 7.99. The minimum atomic E-state index is 0.614. The molecular weight excluding hydrogens is 671 g/mol. The molecule has 2 aromatic heterocycles. The van der Waals surface area contributed by atoms with Crippen molar-refractivity contribution >= 4 is 54.3 Å². The van der Waals surface area contributed by atoms with Crippen molar-refractivity contribution in [3.63, 3.8) is 0 Å². The molecule has 0 fully saturated rings. The Labute approximate surface area is 317 Å². The highest BCUT2D eigenvalue weighted by Gasteiger charge is 2.20. The van der Waals surface area contributed by atoms with E-state index in [1.54, 1.807) is 0 Å². The summed E-state index contributed by atoms with van der Waals surface area (Å²) in [5.41, 5.74) is 8.99. The quantitative estimate of drug-likeness (QED) is 0.179. The Morgan fingerprint density at radius 1 is 0.309 bits per heavy atom. The predicted octanol–water partition coefficient (Wildman–Crippen LogP) is 13.6. The molecule has 0 radical (unpaired) electrons. The van der Waals surface area contributed by atoms with Crippen LogP contribution in [-0.2, 0) is 0 Å². The monoisotopic (exact) mass is 701 g/mol. The van der Waals surface area contributed by atoms with Crippen LogP contribution < -0.4 is 0 Å². The third-order valence-corrected chi connectivity index (χ3v) is 10.7. The molecular formula is C51H31N3O. The average Bonchev–Trinajstić information content (AvgIpc) is 3.66. The van der Waals surface area contributed by atoms with Crippen molar-refractivity contribution < 1.29 is 4.42 Å². The summed E-state index contributed by atoms with van der Waals surface area (Å²) in [7, 11) is 0. The van der Waals surface area contributed by atoms with Crippen molar-refractivity contribution in [2.24, 2.45) is 0 Å². The van der Waals surface area contributed by atoms with Crippen LogP contribution in [0.2, 0.25) is 0 Å². The molecule has 55 heavy (non-hydrogen) atoms. The zero-order chi connectivity index (χ0) is 36.3. The Kier molecular flexibility index (Phi) is 7.14. The van der Waals surface area contributed by atoms with E-state index in [0.717, 1.165) is 82.4 Å². The topological polar surface area (TPSA) is 51.8 Å². The van der Waals surface area contributed by atoms with Gasteiger partial charge in [-0.25, -0.2) is 15.0 Å². The van der Waals surface area contributed by atoms with Gasteiger partial charge in [0.05, 0.1) is 0 Å². The van der Waals surface area contributed by atoms with Gasteiger partial charge in [-0.15, -0.1) is 0 Å². The molecule has 0 aliphatic rings. The maximum absolute atomic E-state index is 6.76. The fraction of sp³-hybridized carbons (Fsp3) is 0. The molecule has 0 bridgehead atoms. The number of rotatable bonds is 5. The highest BCUT2D eigenvalue weighted by molar-refractivity contribution is 6.24. The Hall–Kier alpha value is -7.43. The van der Waals surface area contributed by atoms with Crippen molar-refractivity contribution in [1.29, 1.82) is 0 Å². The Morgan fingerprint density at radius 2 is 0.836 bits per heavy atom. The van der Waals surface area contributed by atoms with Gasteiger partial charge in [-0.3, -0.25) is 0 Å². The molecule has 0 amide bonds. The molecule has 0 spiro atoms. The van der Waals surface area contributed by atoms with Crippen LogP contribution in [0.15, 0.2) is 192 Å². The molecule has 0 N–H and O–H groups in total. The van der Waals surface area contributed by atoms with Gasteiger partial charge in [-0.05, 0) is 79.5 Å². The van der Waals surface area contributed by atoms with E-state index in [-0.39, 0.29) is 0 Å². The molecule has 0 aliphatic carbocycles. The molecule has 256 valence electrons. The van der Waals surface area contributed by atoms with Crippen LogP contribution in [-0.4, -0.2) is 15.0 Å². The van der Waals surface area contributed by atoms with E-state index in [1.807, 2.05) is 6.07 Å². The molecule has 4 heteroatoms. The van der Waals surface area contributed by atoms with Crippen molar-refractivity contribution in [3.05, 3.63) is 188 Å². The Balaban J connectivity index is 1.13. The summed E-state index contributed by atoms with van der Waals surface area (Å²) in [6.45, 7) is 0. The second-order valence-corrected chi connectivity index (χ2v) is 14.0. The lowest BCUT2D eigenvalue weighted by Crippen LogP contribution is -2.00. The summed E-state index contributed by atoms with van der Waals surface area (Å²) in [6, 6.07) is 65.8. The van der Waals surface area contributed by atoms with Crippen LogP contribution in [0.5, 0.6) is 0 Å². The smallest absolute Gasteiger partial charge is 0.164 e. The van der Waals surface area contributed by atoms with Gasteiger partial charge in [-0.1, -0.05) is 158 Å². The maximum Gasteiger partial charge on any atom is 0.164 e. The molecule has 11 aromatic rings. The van der Waals surface area contributed by atoms with Crippen LogP contribution in [0.25, 0.3) is 111 Å². The van der Waals surface area contributed by atoms with E-state index in [1.165, 1.54) is 10.8 Å². The van der Waals surface area contributed by atoms with Gasteiger partial charge in [0.2, 0.25) is 0 Å². The number of hydrogen-bond donors (Lipinski definition) is 0. The van der Waals surface area contributed by atoms with Gasteiger partial charge >= 0.3 is 0 Å². The largest absolute Gasteiger partial charge is 0.455 e. The molecule has 2 heterocycles. The summed E-state index contributed by atoms with van der Waals surface area (Å²) < 4.78 is 6.76. The van der Waals surface area contributed by atoms with Crippen LogP contribution >= 0.6 is 0 Å². The van der Waals surface area contributed by atoms with Gasteiger partial charge in [0, 0.05) is 32.8 Å². The lowest BCUT2D eigenvalue weighted by molar-refractivity contribution is 0.673. The molecule has 4 nitrogen and oxygen atoms in total. The van der Waals surface area contributed by atoms with Crippen LogP contribution in [0.1, 0.15) is 0 Å². The van der Waals surface area contributed by atoms with Crippen LogP contribution in [0.3, 0.4) is 0 Å². The van der Waals surface area contributed by atoms with E-state index in [4.69, 9.17) is 19.4 Å². The standard InChI is InChI=1S/C51H31N3O/c1-2-14-34(15-3-1)42-22-11-19-38-31-44(47-43-21-8-9-23-45(43)55-48(47)46(38)42)37-18-10-20-39(30-37)49-52-50(40-26-24-32-12-4-6-16-35(32)28-40)54-51(53-49)41-27-25-33-13-5-7-17-36(33)29-41/h1-31H. The second kappa shape index (κ2) is 12.6. The first-order valence-corrected chi connectivity index (χ1v) is 18.5. The first kappa shape index (κ1) is 31.1. The maximum atomic E-state index is 6.76. The van der Waals surface area contributed by atoms with E-state index in [2.05, 4.69) is 182 Å². The third-order valence-electron chi connectivity index (χ3n) is 10.7. The van der Waals surface area contributed by atoms with Crippen molar-refractivity contribution in [2.75, 3.05) is 0 Å². The molecule has 0 unspecified atom stereocenters. The summed E-state index contributed by atoms with van der Waals surface area (Å²) in [4.78, 5) is 15.4. The van der Waals surface area contributed by atoms with E-state index < -0.39 is 0 Å². The number of para-hydroxylation sites is 1. The summed E-state index contributed by atoms with van der Waals surface area (Å²) in [5, 5.41) is 9.02. The minimum Gasteiger partial charge on any atom is -0.455 e. The molecule has 0 saturated heterocycles. The molecule has 0 atom stereocenters. The Bertz CT molecular complexity index is 3180. The van der Waals surface area contributed by atoms with E-state index >= 15 is 0 Å². The van der Waals surface area contributed by atoms with Crippen molar-refractivity contribution in [3.8, 4) is 56.4 Å². The first-order chi connectivity index (χ1) is 27.2. The van der Waals surface area contributed by atoms with Crippen molar-refractivity contribution in [1.82, 2.24) is 15.0 Å². The van der Waals surface area contributed by atoms with E-state index in [9.17, 15) is 0 Å². The molecule has 9 aromatic carbocycles. The normalized spacial score (nSPS) is 11.6. The lowest BCUT2D eigenvalue weighted by Gasteiger charge is -2.13. The summed E-state index contributed by atoms with van der Waals surface area (Å²) >= 11 is 0. The number of aromatic nitrogens is 3. The second-order valence-electron chi connectivity index (χ2n) is 14.0. The first-order valence-electron chi connectivity index (χ1n) is 18.5. The zero-order valence-corrected chi connectivity index (χ0v) is 29.6. The van der Waals surface area contributed by atoms with Crippen LogP contribution in [0, 0.1) is 0 Å². The SMILES string of the molecule is c1ccc(-c2cccc3cc(-c4cccc(-c5nc(-c6ccc7ccccc7c6)nc(-c6ccc7ccccc7c6)n5)c4)c4c5ccccc5oc4c23)cc1. The summed E-state index contributed by atoms with van der Waals surface area (Å²) in [6.07, 6.45) is 0. The van der Waals surface area contributed by atoms with Gasteiger partial charge in [0.1, 0.15) is 11.2 Å². The fourth-order valence-corrected chi connectivity index (χ4v) is 7.99. The van der Waals surface area contributed by atoms with Crippen LogP contribution in [0.4, 0.5) is 0 Å².